The van der Waals surface area contributed by atoms with E-state index in [9.17, 15) is 8.42 Å². The Hall–Kier alpha value is -0.390. The minimum Gasteiger partial charge on any atom is -0.264 e. The number of fused-ring (bicyclic) bond motifs is 5. The molecule has 0 radical (unpaired) electrons. The van der Waals surface area contributed by atoms with Gasteiger partial charge in [-0.05, 0) is 98.2 Å². The first-order chi connectivity index (χ1) is 14.6. The van der Waals surface area contributed by atoms with Crippen LogP contribution >= 0.6 is 0 Å². The third-order valence-corrected chi connectivity index (χ3v) is 10.4. The first kappa shape index (κ1) is 23.8. The van der Waals surface area contributed by atoms with Crippen LogP contribution in [-0.4, -0.2) is 19.1 Å². The second kappa shape index (κ2) is 9.10. The lowest BCUT2D eigenvalue weighted by Crippen LogP contribution is -2.48. The van der Waals surface area contributed by atoms with Gasteiger partial charge in [-0.3, -0.25) is 4.55 Å². The van der Waals surface area contributed by atoms with E-state index in [0.29, 0.717) is 6.42 Å². The van der Waals surface area contributed by atoms with E-state index in [-0.39, 0.29) is 5.41 Å². The van der Waals surface area contributed by atoms with Crippen LogP contribution < -0.4 is 0 Å². The fourth-order valence-corrected chi connectivity index (χ4v) is 8.86. The van der Waals surface area contributed by atoms with Crippen LogP contribution in [0.3, 0.4) is 0 Å². The summed E-state index contributed by atoms with van der Waals surface area (Å²) in [6, 6.07) is 0. The van der Waals surface area contributed by atoms with E-state index in [1.165, 1.54) is 50.5 Å². The average molecular weight is 453 g/mol. The molecule has 0 aromatic heterocycles. The summed E-state index contributed by atoms with van der Waals surface area (Å²) in [5.41, 5.74) is 1.58. The fraction of sp³-hybridized carbons (Fsp3) is 0.923. The molecule has 3 saturated carbocycles. The molecule has 0 aliphatic heterocycles. The standard InChI is InChI=1S/C26H44O4S/c1-17(2)6-5-7-18(3)21-10-11-23-22(21)12-13-25-24(23)9-8-19-16-20(30-31(27,28)29)14-15-26(19,25)4/h8,17-18,20-25H,5-7,9-16H2,1-4H3,(H,27,28,29)/t18-,20+,21-,22?,23-,24+,25+,26+/m1/s1. The molecule has 0 heterocycles. The zero-order chi connectivity index (χ0) is 22.4. The SMILES string of the molecule is CC(C)CCC[C@@H](C)[C@H]1CC[C@@H]2C1CC[C@H]1[C@H]2CC=C2C[C@@H](OS(=O)(=O)O)CC[C@@]21C. The van der Waals surface area contributed by atoms with Crippen molar-refractivity contribution in [2.75, 3.05) is 0 Å². The molecule has 0 saturated heterocycles. The quantitative estimate of drug-likeness (QED) is 0.340. The lowest BCUT2D eigenvalue weighted by atomic mass is 9.50. The van der Waals surface area contributed by atoms with Crippen molar-refractivity contribution in [2.45, 2.75) is 104 Å². The first-order valence-electron chi connectivity index (χ1n) is 12.9. The third-order valence-electron chi connectivity index (χ3n) is 9.86. The summed E-state index contributed by atoms with van der Waals surface area (Å²) in [6.07, 6.45) is 15.3. The van der Waals surface area contributed by atoms with Crippen molar-refractivity contribution >= 4 is 10.4 Å². The summed E-state index contributed by atoms with van der Waals surface area (Å²) >= 11 is 0. The summed E-state index contributed by atoms with van der Waals surface area (Å²) in [7, 11) is -4.37. The van der Waals surface area contributed by atoms with E-state index in [2.05, 4.69) is 33.8 Å². The van der Waals surface area contributed by atoms with E-state index in [4.69, 9.17) is 8.74 Å². The second-order valence-corrected chi connectivity index (χ2v) is 13.0. The summed E-state index contributed by atoms with van der Waals surface area (Å²) in [6.45, 7) is 9.63. The third kappa shape index (κ3) is 4.94. The molecule has 0 aromatic carbocycles. The molecule has 0 bridgehead atoms. The maximum Gasteiger partial charge on any atom is 0.397 e. The van der Waals surface area contributed by atoms with Crippen molar-refractivity contribution in [1.29, 1.82) is 0 Å². The molecule has 4 aliphatic carbocycles. The van der Waals surface area contributed by atoms with Gasteiger partial charge in [0, 0.05) is 0 Å². The largest absolute Gasteiger partial charge is 0.397 e. The Balaban J connectivity index is 1.42. The molecule has 4 nitrogen and oxygen atoms in total. The van der Waals surface area contributed by atoms with Gasteiger partial charge in [0.15, 0.2) is 0 Å². The Morgan fingerprint density at radius 2 is 1.81 bits per heavy atom. The summed E-state index contributed by atoms with van der Waals surface area (Å²) < 4.78 is 36.4. The van der Waals surface area contributed by atoms with Gasteiger partial charge >= 0.3 is 10.4 Å². The average Bonchev–Trinajstić information content (AvgIpc) is 3.11. The van der Waals surface area contributed by atoms with Crippen molar-refractivity contribution < 1.29 is 17.2 Å². The zero-order valence-corrected chi connectivity index (χ0v) is 20.9. The number of allylic oxidation sites excluding steroid dienone is 1. The molecular weight excluding hydrogens is 408 g/mol. The number of hydrogen-bond acceptors (Lipinski definition) is 3. The van der Waals surface area contributed by atoms with Crippen LogP contribution in [-0.2, 0) is 14.6 Å². The summed E-state index contributed by atoms with van der Waals surface area (Å²) in [4.78, 5) is 0. The van der Waals surface area contributed by atoms with Crippen LogP contribution in [0.4, 0.5) is 0 Å². The van der Waals surface area contributed by atoms with E-state index >= 15 is 0 Å². The van der Waals surface area contributed by atoms with Gasteiger partial charge in [0.25, 0.3) is 0 Å². The predicted octanol–water partition coefficient (Wildman–Crippen LogP) is 6.83. The number of rotatable bonds is 7. The molecule has 31 heavy (non-hydrogen) atoms. The van der Waals surface area contributed by atoms with Gasteiger partial charge < -0.3 is 0 Å². The highest BCUT2D eigenvalue weighted by Gasteiger charge is 2.54. The van der Waals surface area contributed by atoms with Crippen molar-refractivity contribution in [3.8, 4) is 0 Å². The van der Waals surface area contributed by atoms with E-state index in [0.717, 1.165) is 60.7 Å². The zero-order valence-electron chi connectivity index (χ0n) is 20.1. The van der Waals surface area contributed by atoms with Gasteiger partial charge in [-0.1, -0.05) is 58.6 Å². The van der Waals surface area contributed by atoms with Crippen molar-refractivity contribution in [1.82, 2.24) is 0 Å². The molecule has 0 spiro atoms. The number of hydrogen-bond donors (Lipinski definition) is 1. The molecule has 0 aromatic rings. The monoisotopic (exact) mass is 452 g/mol. The van der Waals surface area contributed by atoms with Gasteiger partial charge in [0.05, 0.1) is 6.10 Å². The molecular formula is C26H44O4S. The minimum atomic E-state index is -4.37. The van der Waals surface area contributed by atoms with Crippen LogP contribution in [0.25, 0.3) is 0 Å². The van der Waals surface area contributed by atoms with Crippen LogP contribution in [0, 0.1) is 46.8 Å². The fourth-order valence-electron chi connectivity index (χ4n) is 8.35. The van der Waals surface area contributed by atoms with Gasteiger partial charge in [0.2, 0.25) is 0 Å². The Bertz CT molecular complexity index is 772. The smallest absolute Gasteiger partial charge is 0.264 e. The highest BCUT2D eigenvalue weighted by atomic mass is 32.3. The lowest BCUT2D eigenvalue weighted by Gasteiger charge is -2.55. The Morgan fingerprint density at radius 1 is 1.06 bits per heavy atom. The molecule has 0 amide bonds. The van der Waals surface area contributed by atoms with Crippen LogP contribution in [0.15, 0.2) is 11.6 Å². The summed E-state index contributed by atoms with van der Waals surface area (Å²) in [5, 5.41) is 0. The minimum absolute atomic E-state index is 0.188. The van der Waals surface area contributed by atoms with Crippen molar-refractivity contribution in [2.24, 2.45) is 46.8 Å². The van der Waals surface area contributed by atoms with Crippen LogP contribution in [0.5, 0.6) is 0 Å². The molecule has 4 aliphatic rings. The van der Waals surface area contributed by atoms with Gasteiger partial charge in [-0.2, -0.15) is 8.42 Å². The van der Waals surface area contributed by atoms with Gasteiger partial charge in [0.1, 0.15) is 0 Å². The van der Waals surface area contributed by atoms with Crippen LogP contribution in [0.1, 0.15) is 98.3 Å². The van der Waals surface area contributed by atoms with Crippen molar-refractivity contribution in [3.63, 3.8) is 0 Å². The second-order valence-electron chi connectivity index (χ2n) is 12.0. The molecule has 5 heteroatoms. The summed E-state index contributed by atoms with van der Waals surface area (Å²) in [5.74, 6) is 5.96. The molecule has 1 N–H and O–H groups in total. The Labute approximate surface area is 190 Å². The van der Waals surface area contributed by atoms with Crippen LogP contribution in [0.2, 0.25) is 0 Å². The Morgan fingerprint density at radius 3 is 2.52 bits per heavy atom. The highest BCUT2D eigenvalue weighted by Crippen LogP contribution is 2.63. The molecule has 8 atom stereocenters. The van der Waals surface area contributed by atoms with E-state index in [1.807, 2.05) is 0 Å². The predicted molar refractivity (Wildman–Crippen MR) is 125 cm³/mol. The topological polar surface area (TPSA) is 63.6 Å². The van der Waals surface area contributed by atoms with E-state index < -0.39 is 16.5 Å². The Kier molecular flexibility index (Phi) is 6.97. The van der Waals surface area contributed by atoms with E-state index in [1.54, 1.807) is 0 Å². The first-order valence-corrected chi connectivity index (χ1v) is 14.3. The normalized spacial score (nSPS) is 41.3. The van der Waals surface area contributed by atoms with Gasteiger partial charge in [-0.25, -0.2) is 4.18 Å². The van der Waals surface area contributed by atoms with Gasteiger partial charge in [-0.15, -0.1) is 0 Å². The molecule has 178 valence electrons. The molecule has 3 fully saturated rings. The maximum absolute atomic E-state index is 11.2. The highest BCUT2D eigenvalue weighted by molar-refractivity contribution is 7.80. The molecule has 4 rings (SSSR count). The molecule has 1 unspecified atom stereocenters. The van der Waals surface area contributed by atoms with Crippen molar-refractivity contribution in [3.05, 3.63) is 11.6 Å². The maximum atomic E-state index is 11.2. The lowest BCUT2D eigenvalue weighted by molar-refractivity contribution is -0.0125.